The van der Waals surface area contributed by atoms with Crippen molar-refractivity contribution < 1.29 is 9.53 Å². The van der Waals surface area contributed by atoms with Crippen LogP contribution >= 0.6 is 0 Å². The van der Waals surface area contributed by atoms with Crippen molar-refractivity contribution >= 4 is 22.7 Å². The average Bonchev–Trinajstić information content (AvgIpc) is 3.05. The van der Waals surface area contributed by atoms with Crippen molar-refractivity contribution in [2.45, 2.75) is 19.8 Å². The summed E-state index contributed by atoms with van der Waals surface area (Å²) in [7, 11) is 2.05. The van der Waals surface area contributed by atoms with Crippen molar-refractivity contribution in [3.05, 3.63) is 48.5 Å². The molecule has 0 radical (unpaired) electrons. The van der Waals surface area contributed by atoms with E-state index in [1.807, 2.05) is 25.1 Å². The van der Waals surface area contributed by atoms with Gasteiger partial charge in [-0.15, -0.1) is 0 Å². The summed E-state index contributed by atoms with van der Waals surface area (Å²) in [5, 5.41) is 0. The summed E-state index contributed by atoms with van der Waals surface area (Å²) in [4.78, 5) is 19.2. The lowest BCUT2D eigenvalue weighted by Gasteiger charge is -2.33. The molecule has 0 spiro atoms. The highest BCUT2D eigenvalue weighted by Crippen LogP contribution is 2.29. The molecule has 2 heterocycles. The largest absolute Gasteiger partial charge is 0.466 e. The molecular weight excluding hydrogens is 338 g/mol. The fourth-order valence-electron chi connectivity index (χ4n) is 3.91. The van der Waals surface area contributed by atoms with Crippen LogP contribution in [0, 0.1) is 5.92 Å². The number of aryl methyl sites for hydroxylation is 1. The van der Waals surface area contributed by atoms with Gasteiger partial charge < -0.3 is 14.2 Å². The number of piperidine rings is 1. The normalized spacial score (nSPS) is 17.3. The Morgan fingerprint density at radius 3 is 2.89 bits per heavy atom. The monoisotopic (exact) mass is 363 g/mol. The van der Waals surface area contributed by atoms with Crippen molar-refractivity contribution in [1.82, 2.24) is 9.55 Å². The van der Waals surface area contributed by atoms with Crippen molar-refractivity contribution in [3.8, 4) is 11.4 Å². The zero-order chi connectivity index (χ0) is 18.8. The lowest BCUT2D eigenvalue weighted by molar-refractivity contribution is -0.148. The second-order valence-corrected chi connectivity index (χ2v) is 7.07. The van der Waals surface area contributed by atoms with Crippen molar-refractivity contribution in [2.24, 2.45) is 13.0 Å². The number of aromatic nitrogens is 2. The molecule has 4 rings (SSSR count). The number of ether oxygens (including phenoxy) is 1. The van der Waals surface area contributed by atoms with Crippen molar-refractivity contribution in [2.75, 3.05) is 24.6 Å². The molecule has 1 fully saturated rings. The van der Waals surface area contributed by atoms with Gasteiger partial charge in [0.05, 0.1) is 23.6 Å². The summed E-state index contributed by atoms with van der Waals surface area (Å²) < 4.78 is 7.36. The molecule has 0 amide bonds. The van der Waals surface area contributed by atoms with Gasteiger partial charge in [0.15, 0.2) is 0 Å². The molecule has 3 aromatic rings. The van der Waals surface area contributed by atoms with E-state index in [-0.39, 0.29) is 11.9 Å². The van der Waals surface area contributed by atoms with Gasteiger partial charge >= 0.3 is 5.97 Å². The Balaban J connectivity index is 1.62. The van der Waals surface area contributed by atoms with Crippen LogP contribution in [0.25, 0.3) is 22.4 Å². The molecule has 1 atom stereocenters. The number of fused-ring (bicyclic) bond motifs is 1. The van der Waals surface area contributed by atoms with Gasteiger partial charge in [0.1, 0.15) is 5.82 Å². The van der Waals surface area contributed by atoms with Crippen LogP contribution in [0.15, 0.2) is 48.5 Å². The zero-order valence-electron chi connectivity index (χ0n) is 15.9. The first-order valence-corrected chi connectivity index (χ1v) is 9.61. The minimum absolute atomic E-state index is 0.0434. The van der Waals surface area contributed by atoms with E-state index < -0.39 is 0 Å². The molecule has 140 valence electrons. The Morgan fingerprint density at radius 1 is 1.22 bits per heavy atom. The number of hydrogen-bond acceptors (Lipinski definition) is 4. The second kappa shape index (κ2) is 7.43. The first-order chi connectivity index (χ1) is 13.2. The zero-order valence-corrected chi connectivity index (χ0v) is 15.9. The highest BCUT2D eigenvalue weighted by Gasteiger charge is 2.27. The van der Waals surface area contributed by atoms with Crippen LogP contribution in [0.3, 0.4) is 0 Å². The molecule has 1 aliphatic heterocycles. The quantitative estimate of drug-likeness (QED) is 0.657. The summed E-state index contributed by atoms with van der Waals surface area (Å²) in [6.07, 6.45) is 1.90. The number of esters is 1. The van der Waals surface area contributed by atoms with E-state index in [1.165, 1.54) is 0 Å². The molecule has 1 aromatic heterocycles. The van der Waals surface area contributed by atoms with E-state index in [2.05, 4.69) is 46.8 Å². The number of carbonyl (C=O) groups is 1. The summed E-state index contributed by atoms with van der Waals surface area (Å²) >= 11 is 0. The van der Waals surface area contributed by atoms with E-state index in [4.69, 9.17) is 9.72 Å². The number of nitrogens with zero attached hydrogens (tertiary/aromatic N) is 3. The average molecular weight is 363 g/mol. The number of anilines is 1. The van der Waals surface area contributed by atoms with E-state index in [0.29, 0.717) is 13.2 Å². The number of para-hydroxylation sites is 2. The fourth-order valence-corrected chi connectivity index (χ4v) is 3.91. The molecule has 0 bridgehead atoms. The first kappa shape index (κ1) is 17.6. The van der Waals surface area contributed by atoms with Gasteiger partial charge in [0.25, 0.3) is 0 Å². The molecule has 0 aliphatic carbocycles. The predicted molar refractivity (Wildman–Crippen MR) is 108 cm³/mol. The maximum Gasteiger partial charge on any atom is 0.310 e. The Hall–Kier alpha value is -2.82. The maximum absolute atomic E-state index is 12.1. The summed E-state index contributed by atoms with van der Waals surface area (Å²) in [5.74, 6) is 0.837. The Bertz CT molecular complexity index is 963. The minimum atomic E-state index is -0.0753. The maximum atomic E-state index is 12.1. The van der Waals surface area contributed by atoms with Crippen LogP contribution in [0.4, 0.5) is 5.69 Å². The van der Waals surface area contributed by atoms with Crippen LogP contribution in [0.2, 0.25) is 0 Å². The Morgan fingerprint density at radius 2 is 2.07 bits per heavy atom. The molecule has 27 heavy (non-hydrogen) atoms. The van der Waals surface area contributed by atoms with E-state index >= 15 is 0 Å². The van der Waals surface area contributed by atoms with Crippen LogP contribution in [0.1, 0.15) is 19.8 Å². The van der Waals surface area contributed by atoms with Gasteiger partial charge in [-0.2, -0.15) is 0 Å². The first-order valence-electron chi connectivity index (χ1n) is 9.61. The summed E-state index contributed by atoms with van der Waals surface area (Å²) in [5.41, 5.74) is 4.34. The lowest BCUT2D eigenvalue weighted by atomic mass is 9.97. The fraction of sp³-hybridized carbons (Fsp3) is 0.364. The smallest absolute Gasteiger partial charge is 0.310 e. The highest BCUT2D eigenvalue weighted by atomic mass is 16.5. The van der Waals surface area contributed by atoms with Crippen molar-refractivity contribution in [3.63, 3.8) is 0 Å². The topological polar surface area (TPSA) is 47.4 Å². The highest BCUT2D eigenvalue weighted by molar-refractivity contribution is 5.81. The van der Waals surface area contributed by atoms with E-state index in [9.17, 15) is 4.79 Å². The van der Waals surface area contributed by atoms with Crippen LogP contribution in [-0.2, 0) is 16.6 Å². The molecule has 0 N–H and O–H groups in total. The number of hydrogen-bond donors (Lipinski definition) is 0. The molecule has 2 aromatic carbocycles. The number of carbonyl (C=O) groups excluding carboxylic acids is 1. The molecule has 1 saturated heterocycles. The third-order valence-electron chi connectivity index (χ3n) is 5.30. The molecule has 5 heteroatoms. The number of rotatable bonds is 4. The van der Waals surface area contributed by atoms with E-state index in [0.717, 1.165) is 47.5 Å². The molecule has 5 nitrogen and oxygen atoms in total. The minimum Gasteiger partial charge on any atom is -0.466 e. The van der Waals surface area contributed by atoms with Gasteiger partial charge in [-0.05, 0) is 44.0 Å². The third kappa shape index (κ3) is 3.42. The standard InChI is InChI=1S/C22H25N3O2/c1-3-27-22(26)17-9-7-13-25(15-17)18-10-6-8-16(14-18)21-23-19-11-4-5-12-20(19)24(21)2/h4-6,8,10-12,14,17H,3,7,9,13,15H2,1-2H3/t17-/m0/s1. The van der Waals surface area contributed by atoms with Gasteiger partial charge in [-0.25, -0.2) is 4.98 Å². The Kier molecular flexibility index (Phi) is 4.84. The lowest BCUT2D eigenvalue weighted by Crippen LogP contribution is -2.39. The van der Waals surface area contributed by atoms with Crippen LogP contribution in [0.5, 0.6) is 0 Å². The van der Waals surface area contributed by atoms with Crippen LogP contribution in [-0.4, -0.2) is 35.2 Å². The third-order valence-corrected chi connectivity index (χ3v) is 5.30. The molecule has 0 saturated carbocycles. The number of benzene rings is 2. The van der Waals surface area contributed by atoms with Gasteiger partial charge in [0.2, 0.25) is 0 Å². The molecular formula is C22H25N3O2. The summed E-state index contributed by atoms with van der Waals surface area (Å²) in [6, 6.07) is 16.6. The van der Waals surface area contributed by atoms with Gasteiger partial charge in [-0.3, -0.25) is 4.79 Å². The van der Waals surface area contributed by atoms with Crippen molar-refractivity contribution in [1.29, 1.82) is 0 Å². The van der Waals surface area contributed by atoms with Gasteiger partial charge in [-0.1, -0.05) is 24.3 Å². The molecule has 0 unspecified atom stereocenters. The number of imidazole rings is 1. The van der Waals surface area contributed by atoms with Gasteiger partial charge in [0, 0.05) is 31.4 Å². The Labute approximate surface area is 159 Å². The van der Waals surface area contributed by atoms with E-state index in [1.54, 1.807) is 0 Å². The molecule has 1 aliphatic rings. The van der Waals surface area contributed by atoms with Crippen LogP contribution < -0.4 is 4.90 Å². The SMILES string of the molecule is CCOC(=O)[C@H]1CCCN(c2cccc(-c3nc4ccccc4n3C)c2)C1. The second-order valence-electron chi connectivity index (χ2n) is 7.07. The predicted octanol–water partition coefficient (Wildman–Crippen LogP) is 4.02. The summed E-state index contributed by atoms with van der Waals surface area (Å²) in [6.45, 7) is 3.98.